The van der Waals surface area contributed by atoms with E-state index in [4.69, 9.17) is 9.47 Å². The molecule has 0 saturated heterocycles. The predicted molar refractivity (Wildman–Crippen MR) is 112 cm³/mol. The highest BCUT2D eigenvalue weighted by atomic mass is 32.1. The first-order valence-corrected chi connectivity index (χ1v) is 10.6. The Kier molecular flexibility index (Phi) is 9.65. The zero-order valence-electron chi connectivity index (χ0n) is 17.8. The van der Waals surface area contributed by atoms with Crippen molar-refractivity contribution in [1.82, 2.24) is 0 Å². The fourth-order valence-corrected chi connectivity index (χ4v) is 4.06. The van der Waals surface area contributed by atoms with Crippen LogP contribution in [0.1, 0.15) is 88.4 Å². The molecule has 0 aliphatic carbocycles. The van der Waals surface area contributed by atoms with Crippen LogP contribution in [0, 0.1) is 5.41 Å². The van der Waals surface area contributed by atoms with Crippen LogP contribution in [0.15, 0.2) is 6.07 Å². The van der Waals surface area contributed by atoms with Crippen LogP contribution in [0.2, 0.25) is 0 Å². The average molecular weight is 412 g/mol. The number of carbonyl (C=O) groups is 3. The molecule has 1 rings (SSSR count). The molecule has 1 atom stereocenters. The Morgan fingerprint density at radius 2 is 1.75 bits per heavy atom. The second-order valence-corrected chi connectivity index (χ2v) is 9.07. The van der Waals surface area contributed by atoms with Gasteiger partial charge in [0.05, 0.1) is 18.8 Å². The normalized spacial score (nSPS) is 12.4. The van der Waals surface area contributed by atoms with Crippen molar-refractivity contribution in [1.29, 1.82) is 0 Å². The summed E-state index contributed by atoms with van der Waals surface area (Å²) in [6, 6.07) is 1.83. The van der Waals surface area contributed by atoms with Gasteiger partial charge in [-0.15, -0.1) is 11.3 Å². The predicted octanol–water partition coefficient (Wildman–Crippen LogP) is 5.14. The largest absolute Gasteiger partial charge is 0.466 e. The van der Waals surface area contributed by atoms with Gasteiger partial charge in [-0.25, -0.2) is 4.79 Å². The number of rotatable bonds is 10. The molecule has 7 heteroatoms. The fraction of sp³-hybridized carbons (Fsp3) is 0.667. The average Bonchev–Trinajstić information content (AvgIpc) is 2.98. The van der Waals surface area contributed by atoms with Gasteiger partial charge in [0, 0.05) is 17.7 Å². The van der Waals surface area contributed by atoms with E-state index in [2.05, 4.69) is 33.0 Å². The van der Waals surface area contributed by atoms with Gasteiger partial charge in [-0.3, -0.25) is 9.59 Å². The lowest BCUT2D eigenvalue weighted by molar-refractivity contribution is -0.143. The number of ether oxygens (including phenoxy) is 2. The Hall–Kier alpha value is -1.89. The van der Waals surface area contributed by atoms with E-state index in [9.17, 15) is 14.4 Å². The van der Waals surface area contributed by atoms with Crippen molar-refractivity contribution >= 4 is 34.2 Å². The molecule has 1 aromatic heterocycles. The zero-order valence-corrected chi connectivity index (χ0v) is 18.7. The summed E-state index contributed by atoms with van der Waals surface area (Å²) in [5.41, 5.74) is 0.547. The molecule has 1 heterocycles. The third kappa shape index (κ3) is 8.42. The maximum atomic E-state index is 12.3. The Balaban J connectivity index is 2.85. The lowest BCUT2D eigenvalue weighted by Gasteiger charge is -2.22. The van der Waals surface area contributed by atoms with Gasteiger partial charge in [-0.05, 0) is 44.1 Å². The van der Waals surface area contributed by atoms with Crippen molar-refractivity contribution in [3.8, 4) is 0 Å². The third-order valence-corrected chi connectivity index (χ3v) is 5.28. The Bertz CT molecular complexity index is 675. The molecule has 0 unspecified atom stereocenters. The van der Waals surface area contributed by atoms with Gasteiger partial charge < -0.3 is 14.8 Å². The molecule has 0 fully saturated rings. The van der Waals surface area contributed by atoms with E-state index < -0.39 is 5.97 Å². The monoisotopic (exact) mass is 411 g/mol. The first-order chi connectivity index (χ1) is 13.1. The first kappa shape index (κ1) is 24.1. The fourth-order valence-electron chi connectivity index (χ4n) is 2.94. The number of esters is 2. The maximum absolute atomic E-state index is 12.3. The Morgan fingerprint density at radius 3 is 2.32 bits per heavy atom. The quantitative estimate of drug-likeness (QED) is 0.539. The summed E-state index contributed by atoms with van der Waals surface area (Å²) in [7, 11) is 0. The van der Waals surface area contributed by atoms with Gasteiger partial charge in [0.1, 0.15) is 5.00 Å². The Morgan fingerprint density at radius 1 is 1.11 bits per heavy atom. The summed E-state index contributed by atoms with van der Waals surface area (Å²) in [4.78, 5) is 37.0. The molecule has 1 aromatic rings. The molecule has 0 aromatic carbocycles. The van der Waals surface area contributed by atoms with E-state index in [1.807, 2.05) is 6.07 Å². The first-order valence-electron chi connectivity index (χ1n) is 9.83. The van der Waals surface area contributed by atoms with Crippen molar-refractivity contribution in [2.75, 3.05) is 18.5 Å². The number of anilines is 1. The topological polar surface area (TPSA) is 81.7 Å². The maximum Gasteiger partial charge on any atom is 0.341 e. The number of hydrogen-bond acceptors (Lipinski definition) is 6. The molecule has 1 amide bonds. The molecule has 0 radical (unpaired) electrons. The minimum absolute atomic E-state index is 0.157. The molecule has 0 saturated carbocycles. The number of hydrogen-bond donors (Lipinski definition) is 1. The van der Waals surface area contributed by atoms with Gasteiger partial charge in [0.15, 0.2) is 0 Å². The second-order valence-electron chi connectivity index (χ2n) is 7.98. The van der Waals surface area contributed by atoms with Crippen molar-refractivity contribution in [2.24, 2.45) is 5.41 Å². The van der Waals surface area contributed by atoms with Gasteiger partial charge in [-0.1, -0.05) is 27.7 Å². The van der Waals surface area contributed by atoms with Crippen LogP contribution < -0.4 is 5.32 Å². The van der Waals surface area contributed by atoms with Crippen LogP contribution in [0.25, 0.3) is 0 Å². The summed E-state index contributed by atoms with van der Waals surface area (Å²) in [5.74, 6) is -0.717. The second kappa shape index (κ2) is 11.2. The number of amides is 1. The van der Waals surface area contributed by atoms with Gasteiger partial charge in [-0.2, -0.15) is 0 Å². The highest BCUT2D eigenvalue weighted by molar-refractivity contribution is 7.16. The van der Waals surface area contributed by atoms with E-state index in [-0.39, 0.29) is 42.7 Å². The molecule has 28 heavy (non-hydrogen) atoms. The number of thiophene rings is 1. The van der Waals surface area contributed by atoms with Gasteiger partial charge >= 0.3 is 11.9 Å². The number of nitrogens with one attached hydrogen (secondary N) is 1. The molecular formula is C21H33NO5S. The highest BCUT2D eigenvalue weighted by Crippen LogP contribution is 2.38. The van der Waals surface area contributed by atoms with Crippen molar-refractivity contribution in [3.63, 3.8) is 0 Å². The van der Waals surface area contributed by atoms with Crippen LogP contribution in [0.4, 0.5) is 5.00 Å². The smallest absolute Gasteiger partial charge is 0.341 e. The minimum Gasteiger partial charge on any atom is -0.466 e. The van der Waals surface area contributed by atoms with Crippen molar-refractivity contribution in [2.45, 2.75) is 73.1 Å². The van der Waals surface area contributed by atoms with Crippen LogP contribution in [-0.2, 0) is 19.1 Å². The van der Waals surface area contributed by atoms with Gasteiger partial charge in [0.25, 0.3) is 0 Å². The summed E-state index contributed by atoms with van der Waals surface area (Å²) in [5, 5.41) is 3.33. The molecule has 1 N–H and O–H groups in total. The molecular weight excluding hydrogens is 378 g/mol. The van der Waals surface area contributed by atoms with E-state index >= 15 is 0 Å². The standard InChI is InChI=1S/C21H33NO5S/c1-7-26-18(24)11-9-10-17(23)22-19-15(20(25)27-8-2)12-16(28-19)14(3)13-21(4,5)6/h12,14H,7-11,13H2,1-6H3,(H,22,23)/t14-/m1/s1. The molecule has 0 spiro atoms. The number of carbonyl (C=O) groups excluding carboxylic acids is 3. The molecule has 158 valence electrons. The van der Waals surface area contributed by atoms with Crippen LogP contribution in [0.3, 0.4) is 0 Å². The van der Waals surface area contributed by atoms with E-state index in [1.54, 1.807) is 13.8 Å². The summed E-state index contributed by atoms with van der Waals surface area (Å²) < 4.78 is 10.00. The minimum atomic E-state index is -0.435. The zero-order chi connectivity index (χ0) is 21.3. The molecule has 0 bridgehead atoms. The van der Waals surface area contributed by atoms with E-state index in [0.29, 0.717) is 23.6 Å². The van der Waals surface area contributed by atoms with Gasteiger partial charge in [0.2, 0.25) is 5.91 Å². The lowest BCUT2D eigenvalue weighted by atomic mass is 9.85. The summed E-state index contributed by atoms with van der Waals surface area (Å²) in [6.45, 7) is 12.8. The van der Waals surface area contributed by atoms with Crippen LogP contribution in [0.5, 0.6) is 0 Å². The van der Waals surface area contributed by atoms with E-state index in [1.165, 1.54) is 11.3 Å². The molecule has 0 aliphatic rings. The van der Waals surface area contributed by atoms with Crippen molar-refractivity contribution in [3.05, 3.63) is 16.5 Å². The summed E-state index contributed by atoms with van der Waals surface area (Å²) >= 11 is 1.41. The lowest BCUT2D eigenvalue weighted by Crippen LogP contribution is -2.14. The molecule has 0 aliphatic heterocycles. The van der Waals surface area contributed by atoms with Crippen LogP contribution >= 0.6 is 11.3 Å². The SMILES string of the molecule is CCOC(=O)CCCC(=O)Nc1sc([C@H](C)CC(C)(C)C)cc1C(=O)OCC. The van der Waals surface area contributed by atoms with E-state index in [0.717, 1.165) is 11.3 Å². The Labute approximate surface area is 172 Å². The van der Waals surface area contributed by atoms with Crippen molar-refractivity contribution < 1.29 is 23.9 Å². The highest BCUT2D eigenvalue weighted by Gasteiger charge is 2.24. The summed E-state index contributed by atoms with van der Waals surface area (Å²) in [6.07, 6.45) is 1.75. The van der Waals surface area contributed by atoms with Crippen LogP contribution in [-0.4, -0.2) is 31.1 Å². The third-order valence-electron chi connectivity index (χ3n) is 3.99. The molecule has 6 nitrogen and oxygen atoms in total.